The molecule has 0 unspecified atom stereocenters. The van der Waals surface area contributed by atoms with Crippen LogP contribution in [0.25, 0.3) is 6.08 Å². The third kappa shape index (κ3) is 3.67. The summed E-state index contributed by atoms with van der Waals surface area (Å²) < 4.78 is 0. The molecule has 0 bridgehead atoms. The number of thioether (sulfide) groups is 1. The van der Waals surface area contributed by atoms with E-state index in [4.69, 9.17) is 0 Å². The number of nitrogens with one attached hydrogen (secondary N) is 1. The van der Waals surface area contributed by atoms with E-state index in [9.17, 15) is 9.90 Å². The summed E-state index contributed by atoms with van der Waals surface area (Å²) >= 11 is 1.51. The van der Waals surface area contributed by atoms with E-state index in [1.807, 2.05) is 18.2 Å². The fourth-order valence-electron chi connectivity index (χ4n) is 2.47. The SMILES string of the molecule is CC(C)(C)c1cc(/C=C2/NC(=O)CS2)cc(C(C)(C)C)c1O. The van der Waals surface area contributed by atoms with Gasteiger partial charge in [0.2, 0.25) is 5.91 Å². The lowest BCUT2D eigenvalue weighted by Gasteiger charge is -2.28. The van der Waals surface area contributed by atoms with Crippen molar-refractivity contribution in [2.45, 2.75) is 52.4 Å². The van der Waals surface area contributed by atoms with Crippen LogP contribution in [0.1, 0.15) is 58.2 Å². The molecule has 22 heavy (non-hydrogen) atoms. The van der Waals surface area contributed by atoms with E-state index < -0.39 is 0 Å². The lowest BCUT2D eigenvalue weighted by Crippen LogP contribution is -2.17. The molecule has 1 fully saturated rings. The minimum absolute atomic E-state index is 0.0436. The predicted molar refractivity (Wildman–Crippen MR) is 94.1 cm³/mol. The standard InChI is InChI=1S/C18H25NO2S/c1-17(2,3)12-7-11(9-15-19-14(20)10-22-15)8-13(16(12)21)18(4,5)6/h7-9,21H,10H2,1-6H3,(H,19,20)/b15-9-. The molecule has 0 atom stereocenters. The molecule has 1 aromatic rings. The molecule has 0 saturated carbocycles. The second-order valence-corrected chi connectivity index (χ2v) is 8.83. The minimum Gasteiger partial charge on any atom is -0.507 e. The van der Waals surface area contributed by atoms with Gasteiger partial charge in [0.05, 0.1) is 10.8 Å². The normalized spacial score (nSPS) is 17.9. The van der Waals surface area contributed by atoms with Crippen molar-refractivity contribution in [3.8, 4) is 5.75 Å². The van der Waals surface area contributed by atoms with Crippen LogP contribution < -0.4 is 5.32 Å². The van der Waals surface area contributed by atoms with Gasteiger partial charge in [-0.3, -0.25) is 4.79 Å². The Balaban J connectivity index is 2.58. The van der Waals surface area contributed by atoms with Gasteiger partial charge >= 0.3 is 0 Å². The first-order valence-electron chi connectivity index (χ1n) is 7.51. The highest BCUT2D eigenvalue weighted by atomic mass is 32.2. The Hall–Kier alpha value is -1.42. The molecule has 0 radical (unpaired) electrons. The number of carbonyl (C=O) groups excluding carboxylic acids is 1. The Morgan fingerprint density at radius 2 is 1.59 bits per heavy atom. The molecule has 4 heteroatoms. The summed E-state index contributed by atoms with van der Waals surface area (Å²) in [5.41, 5.74) is 2.58. The Morgan fingerprint density at radius 3 is 1.95 bits per heavy atom. The lowest BCUT2D eigenvalue weighted by atomic mass is 9.78. The van der Waals surface area contributed by atoms with Gasteiger partial charge in [-0.15, -0.1) is 0 Å². The number of hydrogen-bond donors (Lipinski definition) is 2. The zero-order valence-corrected chi connectivity index (χ0v) is 15.0. The molecular formula is C18H25NO2S. The Labute approximate surface area is 137 Å². The maximum Gasteiger partial charge on any atom is 0.235 e. The number of phenols is 1. The lowest BCUT2D eigenvalue weighted by molar-refractivity contribution is -0.117. The molecule has 1 aliphatic rings. The van der Waals surface area contributed by atoms with Crippen LogP contribution in [0.4, 0.5) is 0 Å². The zero-order chi connectivity index (χ0) is 16.7. The third-order valence-corrected chi connectivity index (χ3v) is 4.60. The van der Waals surface area contributed by atoms with Crippen LogP contribution in [0.5, 0.6) is 5.75 Å². The van der Waals surface area contributed by atoms with E-state index in [1.165, 1.54) is 11.8 Å². The van der Waals surface area contributed by atoms with E-state index in [1.54, 1.807) is 0 Å². The highest BCUT2D eigenvalue weighted by Crippen LogP contribution is 2.40. The van der Waals surface area contributed by atoms with Gasteiger partial charge in [-0.2, -0.15) is 0 Å². The summed E-state index contributed by atoms with van der Waals surface area (Å²) in [6.07, 6.45) is 1.99. The first-order chi connectivity index (χ1) is 9.98. The van der Waals surface area contributed by atoms with Gasteiger partial charge in [-0.05, 0) is 34.6 Å². The van der Waals surface area contributed by atoms with E-state index in [0.29, 0.717) is 11.5 Å². The average Bonchev–Trinajstić information content (AvgIpc) is 2.74. The van der Waals surface area contributed by atoms with Crippen LogP contribution in [-0.4, -0.2) is 16.8 Å². The number of amides is 1. The van der Waals surface area contributed by atoms with Crippen molar-refractivity contribution in [1.82, 2.24) is 5.32 Å². The fraction of sp³-hybridized carbons (Fsp3) is 0.500. The highest BCUT2D eigenvalue weighted by Gasteiger charge is 2.26. The number of aromatic hydroxyl groups is 1. The quantitative estimate of drug-likeness (QED) is 0.817. The van der Waals surface area contributed by atoms with Crippen molar-refractivity contribution < 1.29 is 9.90 Å². The van der Waals surface area contributed by atoms with Gasteiger partial charge in [0.15, 0.2) is 0 Å². The molecule has 2 N–H and O–H groups in total. The van der Waals surface area contributed by atoms with Crippen LogP contribution in [0.2, 0.25) is 0 Å². The molecule has 1 amide bonds. The number of phenolic OH excluding ortho intramolecular Hbond substituents is 1. The van der Waals surface area contributed by atoms with Crippen LogP contribution in [0.15, 0.2) is 17.2 Å². The maximum atomic E-state index is 11.3. The van der Waals surface area contributed by atoms with Gasteiger partial charge in [0.1, 0.15) is 5.75 Å². The molecule has 1 heterocycles. The molecule has 0 aliphatic carbocycles. The molecule has 0 aromatic heterocycles. The zero-order valence-electron chi connectivity index (χ0n) is 14.2. The summed E-state index contributed by atoms with van der Waals surface area (Å²) in [5, 5.41) is 14.4. The topological polar surface area (TPSA) is 49.3 Å². The summed E-state index contributed by atoms with van der Waals surface area (Å²) in [6.45, 7) is 12.6. The Morgan fingerprint density at radius 1 is 1.09 bits per heavy atom. The monoisotopic (exact) mass is 319 g/mol. The summed E-state index contributed by atoms with van der Waals surface area (Å²) in [7, 11) is 0. The second kappa shape index (κ2) is 5.65. The van der Waals surface area contributed by atoms with E-state index in [2.05, 4.69) is 46.9 Å². The van der Waals surface area contributed by atoms with Crippen molar-refractivity contribution in [2.24, 2.45) is 0 Å². The Bertz CT molecular complexity index is 598. The smallest absolute Gasteiger partial charge is 0.235 e. The minimum atomic E-state index is -0.148. The molecule has 120 valence electrons. The first kappa shape index (κ1) is 16.9. The van der Waals surface area contributed by atoms with E-state index in [0.717, 1.165) is 21.7 Å². The second-order valence-electron chi connectivity index (χ2n) is 7.81. The summed E-state index contributed by atoms with van der Waals surface area (Å²) in [5.74, 6) is 0.898. The number of hydrogen-bond acceptors (Lipinski definition) is 3. The average molecular weight is 319 g/mol. The summed E-state index contributed by atoms with van der Waals surface area (Å²) in [4.78, 5) is 11.3. The van der Waals surface area contributed by atoms with Crippen molar-refractivity contribution in [1.29, 1.82) is 0 Å². The number of benzene rings is 1. The van der Waals surface area contributed by atoms with Gasteiger partial charge in [-0.25, -0.2) is 0 Å². The van der Waals surface area contributed by atoms with E-state index in [-0.39, 0.29) is 16.7 Å². The summed E-state index contributed by atoms with van der Waals surface area (Å²) in [6, 6.07) is 4.03. The van der Waals surface area contributed by atoms with Crippen LogP contribution in [-0.2, 0) is 15.6 Å². The van der Waals surface area contributed by atoms with Gasteiger partial charge in [-0.1, -0.05) is 53.3 Å². The van der Waals surface area contributed by atoms with Crippen LogP contribution >= 0.6 is 11.8 Å². The van der Waals surface area contributed by atoms with Crippen molar-refractivity contribution >= 4 is 23.7 Å². The molecule has 1 saturated heterocycles. The van der Waals surface area contributed by atoms with Gasteiger partial charge < -0.3 is 10.4 Å². The molecule has 3 nitrogen and oxygen atoms in total. The van der Waals surface area contributed by atoms with Crippen molar-refractivity contribution in [3.63, 3.8) is 0 Å². The van der Waals surface area contributed by atoms with Crippen molar-refractivity contribution in [2.75, 3.05) is 5.75 Å². The third-order valence-electron chi connectivity index (χ3n) is 3.67. The fourth-order valence-corrected chi connectivity index (χ4v) is 3.23. The molecule has 0 spiro atoms. The maximum absolute atomic E-state index is 11.3. The highest BCUT2D eigenvalue weighted by molar-refractivity contribution is 8.04. The Kier molecular flexibility index (Phi) is 4.35. The first-order valence-corrected chi connectivity index (χ1v) is 8.49. The van der Waals surface area contributed by atoms with Crippen LogP contribution in [0, 0.1) is 0 Å². The molecular weight excluding hydrogens is 294 g/mol. The van der Waals surface area contributed by atoms with Crippen LogP contribution in [0.3, 0.4) is 0 Å². The number of rotatable bonds is 1. The molecule has 2 rings (SSSR count). The number of carbonyl (C=O) groups is 1. The van der Waals surface area contributed by atoms with E-state index >= 15 is 0 Å². The molecule has 1 aromatic carbocycles. The predicted octanol–water partition coefficient (Wildman–Crippen LogP) is 4.15. The molecule has 1 aliphatic heterocycles. The largest absolute Gasteiger partial charge is 0.507 e. The van der Waals surface area contributed by atoms with Crippen molar-refractivity contribution in [3.05, 3.63) is 33.9 Å². The van der Waals surface area contributed by atoms with Gasteiger partial charge in [0, 0.05) is 11.1 Å². The van der Waals surface area contributed by atoms with Gasteiger partial charge in [0.25, 0.3) is 0 Å².